The first-order chi connectivity index (χ1) is 29.3. The van der Waals surface area contributed by atoms with Crippen LogP contribution in [0.15, 0.2) is 127 Å². The maximum Gasteiger partial charge on any atom is 0.566 e. The van der Waals surface area contributed by atoms with Gasteiger partial charge in [0.05, 0.1) is 6.42 Å². The predicted octanol–water partition coefficient (Wildman–Crippen LogP) is 6.27. The molecule has 3 fully saturated rings. The standard InChI is InChI=1S/C49H50BN5O5/c51-31-34-8-4-10-38(25-34)36-17-21-54(22-18-36)46(56)28-33-7-6-14-42(27-33)49(41-12-2-1-3-13-41)48(58)59-50(60-49)43-16-15-40-29-45(53-44(40)30-43)47(57)55-23-19-37(20-24-55)39-11-5-9-35(26-39)32-52/h1-16,25-27,29-30,36-37,53H,17-24,28,31-32,51-52H2/t49-/m1/s1. The van der Waals surface area contributed by atoms with Crippen molar-refractivity contribution in [2.45, 2.75) is 62.6 Å². The number of fused-ring (bicyclic) bond motifs is 1. The van der Waals surface area contributed by atoms with Gasteiger partial charge >= 0.3 is 13.1 Å². The van der Waals surface area contributed by atoms with Gasteiger partial charge in [0.15, 0.2) is 0 Å². The van der Waals surface area contributed by atoms with Crippen molar-refractivity contribution in [1.82, 2.24) is 14.8 Å². The minimum absolute atomic E-state index is 0.0370. The summed E-state index contributed by atoms with van der Waals surface area (Å²) in [5, 5.41) is 0.872. The molecule has 0 radical (unpaired) electrons. The second-order valence-corrected chi connectivity index (χ2v) is 16.4. The largest absolute Gasteiger partial charge is 0.566 e. The number of carbonyl (C=O) groups excluding carboxylic acids is 3. The van der Waals surface area contributed by atoms with E-state index >= 15 is 0 Å². The molecule has 304 valence electrons. The van der Waals surface area contributed by atoms with Crippen molar-refractivity contribution in [1.29, 1.82) is 0 Å². The summed E-state index contributed by atoms with van der Waals surface area (Å²) < 4.78 is 12.8. The molecule has 3 saturated heterocycles. The van der Waals surface area contributed by atoms with E-state index in [1.807, 2.05) is 101 Å². The van der Waals surface area contributed by atoms with Crippen LogP contribution in [0.4, 0.5) is 0 Å². The fourth-order valence-electron chi connectivity index (χ4n) is 9.35. The summed E-state index contributed by atoms with van der Waals surface area (Å²) in [5.74, 6) is 0.273. The zero-order valence-corrected chi connectivity index (χ0v) is 33.7. The van der Waals surface area contributed by atoms with Crippen LogP contribution in [0.1, 0.15) is 87.0 Å². The Balaban J connectivity index is 0.898. The van der Waals surface area contributed by atoms with E-state index in [0.717, 1.165) is 53.3 Å². The minimum atomic E-state index is -1.56. The maximum atomic E-state index is 14.2. The number of rotatable bonds is 10. The lowest BCUT2D eigenvalue weighted by atomic mass is 9.78. The number of nitrogens with one attached hydrogen (secondary N) is 1. The van der Waals surface area contributed by atoms with Crippen LogP contribution in [0.25, 0.3) is 10.9 Å². The molecule has 0 aliphatic carbocycles. The van der Waals surface area contributed by atoms with E-state index in [1.54, 1.807) is 0 Å². The van der Waals surface area contributed by atoms with Gasteiger partial charge in [-0.2, -0.15) is 0 Å². The van der Waals surface area contributed by atoms with Crippen LogP contribution >= 0.6 is 0 Å². The zero-order chi connectivity index (χ0) is 41.2. The van der Waals surface area contributed by atoms with Gasteiger partial charge in [-0.25, -0.2) is 4.79 Å². The number of aromatic amines is 1. The van der Waals surface area contributed by atoms with Crippen LogP contribution in [0.5, 0.6) is 0 Å². The molecule has 1 aromatic heterocycles. The number of likely N-dealkylation sites (tertiary alicyclic amines) is 2. The first-order valence-corrected chi connectivity index (χ1v) is 21.1. The number of piperidine rings is 2. The number of aromatic nitrogens is 1. The second kappa shape index (κ2) is 16.9. The van der Waals surface area contributed by atoms with E-state index in [-0.39, 0.29) is 18.2 Å². The van der Waals surface area contributed by atoms with Gasteiger partial charge in [-0.3, -0.25) is 9.59 Å². The van der Waals surface area contributed by atoms with E-state index < -0.39 is 18.7 Å². The molecular weight excluding hydrogens is 749 g/mol. The molecule has 1 atom stereocenters. The SMILES string of the molecule is NCc1cccc(C2CCN(C(=O)Cc3cccc([C@@]4(c5ccccc5)OB(c5ccc6cc(C(=O)N7CCC(c8cccc(CN)c8)CC7)[nH]c6c5)OC4=O)c3)CC2)c1. The summed E-state index contributed by atoms with van der Waals surface area (Å²) >= 11 is 0. The highest BCUT2D eigenvalue weighted by molar-refractivity contribution is 6.65. The van der Waals surface area contributed by atoms with Gasteiger partial charge in [-0.1, -0.05) is 115 Å². The van der Waals surface area contributed by atoms with Crippen LogP contribution in [-0.2, 0) is 44.0 Å². The van der Waals surface area contributed by atoms with Crippen molar-refractivity contribution in [3.8, 4) is 0 Å². The van der Waals surface area contributed by atoms with Crippen molar-refractivity contribution in [2.24, 2.45) is 11.5 Å². The van der Waals surface area contributed by atoms with Gasteiger partial charge in [-0.05, 0) is 94.1 Å². The summed E-state index contributed by atoms with van der Waals surface area (Å²) in [5.41, 5.74) is 18.9. The molecule has 0 saturated carbocycles. The van der Waals surface area contributed by atoms with Gasteiger partial charge in [-0.15, -0.1) is 0 Å². The van der Waals surface area contributed by atoms with Gasteiger partial charge in [0, 0.05) is 50.2 Å². The predicted molar refractivity (Wildman–Crippen MR) is 233 cm³/mol. The summed E-state index contributed by atoms with van der Waals surface area (Å²) in [6.45, 7) is 3.74. The zero-order valence-electron chi connectivity index (χ0n) is 33.7. The third kappa shape index (κ3) is 7.76. The number of H-pyrrole nitrogens is 1. The number of carbonyl (C=O) groups is 3. The van der Waals surface area contributed by atoms with Gasteiger partial charge in [0.2, 0.25) is 11.5 Å². The first-order valence-electron chi connectivity index (χ1n) is 21.1. The van der Waals surface area contributed by atoms with Crippen molar-refractivity contribution in [3.05, 3.63) is 172 Å². The highest BCUT2D eigenvalue weighted by Gasteiger charge is 2.56. The van der Waals surface area contributed by atoms with Crippen LogP contribution in [0, 0.1) is 0 Å². The molecular formula is C49H50BN5O5. The van der Waals surface area contributed by atoms with E-state index in [1.165, 1.54) is 11.1 Å². The molecule has 9 rings (SSSR count). The topological polar surface area (TPSA) is 144 Å². The molecule has 3 aliphatic heterocycles. The lowest BCUT2D eigenvalue weighted by Gasteiger charge is -2.32. The number of nitrogens with two attached hydrogens (primary N) is 2. The Bertz CT molecular complexity index is 2530. The smallest absolute Gasteiger partial charge is 0.503 e. The van der Waals surface area contributed by atoms with E-state index in [9.17, 15) is 14.4 Å². The highest BCUT2D eigenvalue weighted by atomic mass is 16.7. The first kappa shape index (κ1) is 39.5. The Labute approximate surface area is 351 Å². The van der Waals surface area contributed by atoms with Crippen molar-refractivity contribution < 1.29 is 23.7 Å². The summed E-state index contributed by atoms with van der Waals surface area (Å²) in [6.07, 6.45) is 3.78. The molecule has 10 nitrogen and oxygen atoms in total. The van der Waals surface area contributed by atoms with Crippen LogP contribution in [0.2, 0.25) is 0 Å². The third-order valence-electron chi connectivity index (χ3n) is 12.7. The fraction of sp³-hybridized carbons (Fsp3) is 0.286. The number of benzene rings is 5. The minimum Gasteiger partial charge on any atom is -0.503 e. The molecule has 6 aromatic rings. The summed E-state index contributed by atoms with van der Waals surface area (Å²) in [4.78, 5) is 48.8. The normalized spacial score (nSPS) is 18.9. The molecule has 5 N–H and O–H groups in total. The molecule has 4 heterocycles. The van der Waals surface area contributed by atoms with E-state index in [0.29, 0.717) is 73.4 Å². The highest BCUT2D eigenvalue weighted by Crippen LogP contribution is 2.41. The van der Waals surface area contributed by atoms with Crippen molar-refractivity contribution >= 4 is 41.3 Å². The lowest BCUT2D eigenvalue weighted by molar-refractivity contribution is -0.141. The molecule has 0 bridgehead atoms. The summed E-state index contributed by atoms with van der Waals surface area (Å²) in [6, 6.07) is 41.4. The summed E-state index contributed by atoms with van der Waals surface area (Å²) in [7, 11) is -1.02. The lowest BCUT2D eigenvalue weighted by Crippen LogP contribution is -2.39. The molecule has 5 aromatic carbocycles. The molecule has 11 heteroatoms. The second-order valence-electron chi connectivity index (χ2n) is 16.4. The van der Waals surface area contributed by atoms with Crippen LogP contribution in [-0.4, -0.2) is 65.9 Å². The van der Waals surface area contributed by atoms with Gasteiger partial charge in [0.1, 0.15) is 5.69 Å². The van der Waals surface area contributed by atoms with E-state index in [4.69, 9.17) is 20.8 Å². The molecule has 0 spiro atoms. The van der Waals surface area contributed by atoms with Crippen molar-refractivity contribution in [3.63, 3.8) is 0 Å². The number of hydrogen-bond acceptors (Lipinski definition) is 7. The maximum absolute atomic E-state index is 14.2. The fourth-order valence-corrected chi connectivity index (χ4v) is 9.35. The van der Waals surface area contributed by atoms with Crippen LogP contribution in [0.3, 0.4) is 0 Å². The third-order valence-corrected chi connectivity index (χ3v) is 12.7. The Morgan fingerprint density at radius 2 is 1.27 bits per heavy atom. The average molecular weight is 800 g/mol. The van der Waals surface area contributed by atoms with Crippen LogP contribution < -0.4 is 16.9 Å². The monoisotopic (exact) mass is 799 g/mol. The number of nitrogens with zero attached hydrogens (tertiary/aromatic N) is 2. The Morgan fingerprint density at radius 3 is 1.92 bits per heavy atom. The average Bonchev–Trinajstić information content (AvgIpc) is 3.90. The van der Waals surface area contributed by atoms with Gasteiger partial charge in [0.25, 0.3) is 5.91 Å². The Morgan fingerprint density at radius 1 is 0.667 bits per heavy atom. The molecule has 0 unspecified atom stereocenters. The van der Waals surface area contributed by atoms with Crippen molar-refractivity contribution in [2.75, 3.05) is 26.2 Å². The van der Waals surface area contributed by atoms with E-state index in [2.05, 4.69) is 41.4 Å². The molecule has 3 aliphatic rings. The quantitative estimate of drug-likeness (QED) is 0.139. The number of hydrogen-bond donors (Lipinski definition) is 3. The molecule has 60 heavy (non-hydrogen) atoms. The van der Waals surface area contributed by atoms with Gasteiger partial charge < -0.3 is 35.6 Å². The number of amides is 2. The molecule has 2 amide bonds. The Hall–Kier alpha value is -6.01. The Kier molecular flexibility index (Phi) is 11.1.